The second-order valence-electron chi connectivity index (χ2n) is 5.80. The van der Waals surface area contributed by atoms with Crippen molar-refractivity contribution in [2.75, 3.05) is 7.05 Å². The molecular formula is C17H26N2O2. The summed E-state index contributed by atoms with van der Waals surface area (Å²) in [6.07, 6.45) is 5.11. The van der Waals surface area contributed by atoms with Gasteiger partial charge in [0.25, 0.3) is 0 Å². The fourth-order valence-corrected chi connectivity index (χ4v) is 3.30. The van der Waals surface area contributed by atoms with Crippen LogP contribution < -0.4 is 10.6 Å². The van der Waals surface area contributed by atoms with E-state index >= 15 is 0 Å². The van der Waals surface area contributed by atoms with Gasteiger partial charge < -0.3 is 15.7 Å². The van der Waals surface area contributed by atoms with Gasteiger partial charge in [-0.05, 0) is 25.3 Å². The molecule has 1 saturated carbocycles. The molecule has 1 amide bonds. The van der Waals surface area contributed by atoms with Crippen LogP contribution in [-0.4, -0.2) is 24.1 Å². The van der Waals surface area contributed by atoms with Gasteiger partial charge in [0.15, 0.2) is 0 Å². The Bertz CT molecular complexity index is 476. The first-order valence-electron chi connectivity index (χ1n) is 7.92. The average molecular weight is 290 g/mol. The highest BCUT2D eigenvalue weighted by Crippen LogP contribution is 2.31. The molecule has 0 unspecified atom stereocenters. The number of carbonyl (C=O) groups excluding carboxylic acids is 1. The first-order valence-corrected chi connectivity index (χ1v) is 7.92. The van der Waals surface area contributed by atoms with Crippen LogP contribution in [0.15, 0.2) is 24.3 Å². The quantitative estimate of drug-likeness (QED) is 0.781. The highest BCUT2D eigenvalue weighted by molar-refractivity contribution is 5.79. The van der Waals surface area contributed by atoms with E-state index in [-0.39, 0.29) is 23.9 Å². The molecule has 4 heteroatoms. The first kappa shape index (κ1) is 15.8. The predicted octanol–water partition coefficient (Wildman–Crippen LogP) is 2.74. The van der Waals surface area contributed by atoms with Gasteiger partial charge in [-0.1, -0.05) is 38.0 Å². The molecule has 0 heterocycles. The lowest BCUT2D eigenvalue weighted by Gasteiger charge is -2.34. The number of benzene rings is 1. The van der Waals surface area contributed by atoms with E-state index in [9.17, 15) is 9.90 Å². The number of carbonyl (C=O) groups is 1. The lowest BCUT2D eigenvalue weighted by atomic mass is 9.83. The first-order chi connectivity index (χ1) is 10.2. The van der Waals surface area contributed by atoms with Crippen molar-refractivity contribution in [2.24, 2.45) is 5.92 Å². The van der Waals surface area contributed by atoms with Crippen molar-refractivity contribution in [1.29, 1.82) is 0 Å². The normalized spacial score (nSPS) is 23.5. The predicted molar refractivity (Wildman–Crippen MR) is 84.1 cm³/mol. The standard InChI is InChI=1S/C17H26N2O2/c1-3-14(12-8-5-7-11-16(12)20)19-15-10-6-4-9-13(15)17(21)18-2/h5,7-8,11,13-15,19-20H,3-4,6,9-10H2,1-2H3,(H,18,21)/t13-,14-,15-/m0/s1. The maximum Gasteiger partial charge on any atom is 0.224 e. The molecule has 1 aliphatic carbocycles. The summed E-state index contributed by atoms with van der Waals surface area (Å²) in [5.41, 5.74) is 0.918. The minimum atomic E-state index is 0.0312. The average Bonchev–Trinajstić information content (AvgIpc) is 2.53. The number of rotatable bonds is 5. The van der Waals surface area contributed by atoms with Crippen LogP contribution in [-0.2, 0) is 4.79 Å². The molecule has 0 aromatic heterocycles. The van der Waals surface area contributed by atoms with Crippen molar-refractivity contribution in [3.8, 4) is 5.75 Å². The van der Waals surface area contributed by atoms with Gasteiger partial charge in [-0.15, -0.1) is 0 Å². The molecule has 0 aliphatic heterocycles. The van der Waals surface area contributed by atoms with E-state index in [1.165, 1.54) is 0 Å². The summed E-state index contributed by atoms with van der Waals surface area (Å²) in [5, 5.41) is 16.4. The van der Waals surface area contributed by atoms with Crippen molar-refractivity contribution in [1.82, 2.24) is 10.6 Å². The summed E-state index contributed by atoms with van der Waals surface area (Å²) < 4.78 is 0. The number of aromatic hydroxyl groups is 1. The van der Waals surface area contributed by atoms with Gasteiger partial charge in [0.05, 0.1) is 5.92 Å². The van der Waals surface area contributed by atoms with Gasteiger partial charge in [0.2, 0.25) is 5.91 Å². The van der Waals surface area contributed by atoms with Gasteiger partial charge in [-0.2, -0.15) is 0 Å². The van der Waals surface area contributed by atoms with E-state index in [4.69, 9.17) is 0 Å². The Hall–Kier alpha value is -1.55. The maximum atomic E-state index is 12.1. The van der Waals surface area contributed by atoms with Crippen molar-refractivity contribution in [3.63, 3.8) is 0 Å². The minimum Gasteiger partial charge on any atom is -0.508 e. The molecule has 3 atom stereocenters. The van der Waals surface area contributed by atoms with Gasteiger partial charge >= 0.3 is 0 Å². The maximum absolute atomic E-state index is 12.1. The summed E-state index contributed by atoms with van der Waals surface area (Å²) in [5.74, 6) is 0.479. The lowest BCUT2D eigenvalue weighted by Crippen LogP contribution is -2.46. The topological polar surface area (TPSA) is 61.4 Å². The molecule has 3 N–H and O–H groups in total. The summed E-state index contributed by atoms with van der Waals surface area (Å²) in [6.45, 7) is 2.10. The van der Waals surface area contributed by atoms with Gasteiger partial charge in [-0.25, -0.2) is 0 Å². The molecular weight excluding hydrogens is 264 g/mol. The van der Waals surface area contributed by atoms with Crippen LogP contribution in [0.5, 0.6) is 5.75 Å². The zero-order chi connectivity index (χ0) is 15.2. The summed E-state index contributed by atoms with van der Waals surface area (Å²) >= 11 is 0. The Morgan fingerprint density at radius 1 is 1.33 bits per heavy atom. The minimum absolute atomic E-state index is 0.0312. The number of amides is 1. The molecule has 2 rings (SSSR count). The highest BCUT2D eigenvalue weighted by atomic mass is 16.3. The van der Waals surface area contributed by atoms with Crippen molar-refractivity contribution in [2.45, 2.75) is 51.1 Å². The highest BCUT2D eigenvalue weighted by Gasteiger charge is 2.32. The van der Waals surface area contributed by atoms with E-state index in [0.717, 1.165) is 37.7 Å². The van der Waals surface area contributed by atoms with Gasteiger partial charge in [0, 0.05) is 24.7 Å². The Morgan fingerprint density at radius 2 is 2.05 bits per heavy atom. The van der Waals surface area contributed by atoms with E-state index in [2.05, 4.69) is 17.6 Å². The van der Waals surface area contributed by atoms with Crippen LogP contribution >= 0.6 is 0 Å². The molecule has 1 fully saturated rings. The third-order valence-corrected chi connectivity index (χ3v) is 4.48. The van der Waals surface area contributed by atoms with E-state index in [0.29, 0.717) is 5.75 Å². The molecule has 1 aromatic rings. The fourth-order valence-electron chi connectivity index (χ4n) is 3.30. The molecule has 21 heavy (non-hydrogen) atoms. The molecule has 0 radical (unpaired) electrons. The van der Waals surface area contributed by atoms with Crippen LogP contribution in [0.1, 0.15) is 50.6 Å². The second-order valence-corrected chi connectivity index (χ2v) is 5.80. The monoisotopic (exact) mass is 290 g/mol. The summed E-state index contributed by atoms with van der Waals surface area (Å²) in [7, 11) is 1.70. The summed E-state index contributed by atoms with van der Waals surface area (Å²) in [4.78, 5) is 12.1. The SMILES string of the molecule is CC[C@H](N[C@H]1CCCC[C@@H]1C(=O)NC)c1ccccc1O. The fraction of sp³-hybridized carbons (Fsp3) is 0.588. The zero-order valence-corrected chi connectivity index (χ0v) is 12.9. The molecule has 0 bridgehead atoms. The Morgan fingerprint density at radius 3 is 2.71 bits per heavy atom. The molecule has 0 saturated heterocycles. The van der Waals surface area contributed by atoms with Crippen molar-refractivity contribution >= 4 is 5.91 Å². The van der Waals surface area contributed by atoms with E-state index < -0.39 is 0 Å². The van der Waals surface area contributed by atoms with Crippen LogP contribution in [0.3, 0.4) is 0 Å². The number of phenolic OH excluding ortho intramolecular Hbond substituents is 1. The van der Waals surface area contributed by atoms with Crippen LogP contribution in [0.2, 0.25) is 0 Å². The number of nitrogens with one attached hydrogen (secondary N) is 2. The summed E-state index contributed by atoms with van der Waals surface area (Å²) in [6, 6.07) is 7.71. The second kappa shape index (κ2) is 7.46. The Labute approximate surface area is 126 Å². The molecule has 1 aromatic carbocycles. The van der Waals surface area contributed by atoms with Gasteiger partial charge in [0.1, 0.15) is 5.75 Å². The van der Waals surface area contributed by atoms with Gasteiger partial charge in [-0.3, -0.25) is 4.79 Å². The Kier molecular flexibility index (Phi) is 5.62. The van der Waals surface area contributed by atoms with Crippen LogP contribution in [0, 0.1) is 5.92 Å². The Balaban J connectivity index is 2.13. The largest absolute Gasteiger partial charge is 0.508 e. The molecule has 0 spiro atoms. The number of hydrogen-bond acceptors (Lipinski definition) is 3. The molecule has 4 nitrogen and oxygen atoms in total. The number of phenols is 1. The van der Waals surface area contributed by atoms with Crippen molar-refractivity contribution < 1.29 is 9.90 Å². The van der Waals surface area contributed by atoms with Crippen LogP contribution in [0.25, 0.3) is 0 Å². The third kappa shape index (κ3) is 3.76. The van der Waals surface area contributed by atoms with Crippen molar-refractivity contribution in [3.05, 3.63) is 29.8 Å². The van der Waals surface area contributed by atoms with Crippen LogP contribution in [0.4, 0.5) is 0 Å². The van der Waals surface area contributed by atoms with E-state index in [1.807, 2.05) is 18.2 Å². The molecule has 116 valence electrons. The smallest absolute Gasteiger partial charge is 0.224 e. The third-order valence-electron chi connectivity index (χ3n) is 4.48. The lowest BCUT2D eigenvalue weighted by molar-refractivity contribution is -0.126. The zero-order valence-electron chi connectivity index (χ0n) is 12.9. The number of hydrogen-bond donors (Lipinski definition) is 3. The molecule has 1 aliphatic rings. The van der Waals surface area contributed by atoms with E-state index in [1.54, 1.807) is 13.1 Å². The number of para-hydroxylation sites is 1.